The molecule has 0 radical (unpaired) electrons. The summed E-state index contributed by atoms with van der Waals surface area (Å²) < 4.78 is 10.2. The highest BCUT2D eigenvalue weighted by molar-refractivity contribution is 6.03. The van der Waals surface area contributed by atoms with Gasteiger partial charge in [-0.3, -0.25) is 19.0 Å². The van der Waals surface area contributed by atoms with E-state index < -0.39 is 11.5 Å². The lowest BCUT2D eigenvalue weighted by atomic mass is 10.2. The molecule has 3 aromatic heterocycles. The molecule has 1 fully saturated rings. The summed E-state index contributed by atoms with van der Waals surface area (Å²) in [7, 11) is 5.09. The number of nitrogens with zero attached hydrogens (tertiary/aromatic N) is 6. The molecular formula is C19H23N7O3. The predicted molar refractivity (Wildman–Crippen MR) is 105 cm³/mol. The van der Waals surface area contributed by atoms with Crippen LogP contribution in [0.1, 0.15) is 34.2 Å². The van der Waals surface area contributed by atoms with Crippen molar-refractivity contribution in [3.63, 3.8) is 0 Å². The summed E-state index contributed by atoms with van der Waals surface area (Å²) in [6, 6.07) is 5.13. The molecule has 29 heavy (non-hydrogen) atoms. The van der Waals surface area contributed by atoms with Crippen LogP contribution >= 0.6 is 0 Å². The predicted octanol–water partition coefficient (Wildman–Crippen LogP) is 0.991. The number of nitrogens with one attached hydrogen (secondary N) is 1. The second-order valence-corrected chi connectivity index (χ2v) is 7.40. The summed E-state index contributed by atoms with van der Waals surface area (Å²) in [5.41, 5.74) is 1.84. The molecule has 10 heteroatoms. The van der Waals surface area contributed by atoms with Crippen LogP contribution in [-0.4, -0.2) is 41.9 Å². The summed E-state index contributed by atoms with van der Waals surface area (Å²) in [5.74, 6) is 0.616. The van der Waals surface area contributed by atoms with Crippen LogP contribution in [0.15, 0.2) is 29.2 Å². The number of hydrogen-bond acceptors (Lipinski definition) is 6. The fourth-order valence-electron chi connectivity index (χ4n) is 3.37. The van der Waals surface area contributed by atoms with Gasteiger partial charge in [-0.05, 0) is 25.5 Å². The lowest BCUT2D eigenvalue weighted by Crippen LogP contribution is -2.27. The number of carbonyl (C=O) groups is 1. The van der Waals surface area contributed by atoms with Crippen molar-refractivity contribution in [1.82, 2.24) is 29.3 Å². The first-order chi connectivity index (χ1) is 13.8. The normalized spacial score (nSPS) is 17.9. The standard InChI is InChI=1S/C19H23N7O3/c1-11-7-16(25(3)21-11)18(27)20-15-9-17(23-26(4)19(15)28)29-10-12-8-13(12)14-5-6-24(2)22-14/h5-7,9,12-13H,8,10H2,1-4H3,(H,20,27)/t12?,13-/m0/s1. The molecule has 0 aliphatic heterocycles. The first-order valence-corrected chi connectivity index (χ1v) is 9.34. The molecule has 152 valence electrons. The van der Waals surface area contributed by atoms with Crippen LogP contribution in [0.25, 0.3) is 0 Å². The minimum Gasteiger partial charge on any atom is -0.476 e. The third kappa shape index (κ3) is 3.91. The summed E-state index contributed by atoms with van der Waals surface area (Å²) in [4.78, 5) is 24.9. The monoisotopic (exact) mass is 397 g/mol. The molecule has 0 aromatic carbocycles. The van der Waals surface area contributed by atoms with Crippen molar-refractivity contribution >= 4 is 11.6 Å². The molecule has 1 N–H and O–H groups in total. The summed E-state index contributed by atoms with van der Waals surface area (Å²) in [5, 5.41) is 15.3. The second kappa shape index (κ2) is 7.19. The fourth-order valence-corrected chi connectivity index (χ4v) is 3.37. The van der Waals surface area contributed by atoms with Gasteiger partial charge >= 0.3 is 0 Å². The van der Waals surface area contributed by atoms with E-state index >= 15 is 0 Å². The quantitative estimate of drug-likeness (QED) is 0.664. The van der Waals surface area contributed by atoms with Gasteiger partial charge in [-0.15, -0.1) is 5.10 Å². The molecule has 1 saturated carbocycles. The van der Waals surface area contributed by atoms with E-state index in [4.69, 9.17) is 4.74 Å². The Labute approximate surface area is 167 Å². The molecule has 0 bridgehead atoms. The number of aryl methyl sites for hydroxylation is 4. The Balaban J connectivity index is 1.44. The van der Waals surface area contributed by atoms with Gasteiger partial charge in [-0.25, -0.2) is 4.68 Å². The first-order valence-electron chi connectivity index (χ1n) is 9.34. The van der Waals surface area contributed by atoms with Crippen LogP contribution in [0.5, 0.6) is 5.88 Å². The summed E-state index contributed by atoms with van der Waals surface area (Å²) in [6.45, 7) is 2.27. The van der Waals surface area contributed by atoms with Gasteiger partial charge in [-0.1, -0.05) is 0 Å². The van der Waals surface area contributed by atoms with Gasteiger partial charge in [0.2, 0.25) is 5.88 Å². The maximum atomic E-state index is 12.5. The zero-order chi connectivity index (χ0) is 20.7. The molecule has 0 spiro atoms. The minimum atomic E-state index is -0.417. The molecule has 4 rings (SSSR count). The molecule has 1 unspecified atom stereocenters. The molecule has 1 amide bonds. The fraction of sp³-hybridized carbons (Fsp3) is 0.421. The van der Waals surface area contributed by atoms with Crippen LogP contribution in [0.3, 0.4) is 0 Å². The molecule has 1 aliphatic rings. The Morgan fingerprint density at radius 2 is 2.00 bits per heavy atom. The number of rotatable bonds is 6. The number of aromatic nitrogens is 6. The number of ether oxygens (including phenoxy) is 1. The molecule has 3 heterocycles. The topological polar surface area (TPSA) is 109 Å². The largest absolute Gasteiger partial charge is 0.476 e. The Morgan fingerprint density at radius 1 is 1.21 bits per heavy atom. The Kier molecular flexibility index (Phi) is 4.69. The van der Waals surface area contributed by atoms with E-state index in [-0.39, 0.29) is 11.6 Å². The SMILES string of the molecule is Cc1cc(C(=O)Nc2cc(OCC3C[C@@H]3c3ccn(C)n3)nn(C)c2=O)n(C)n1. The van der Waals surface area contributed by atoms with Gasteiger partial charge in [0.25, 0.3) is 11.5 Å². The third-order valence-corrected chi connectivity index (χ3v) is 5.01. The van der Waals surface area contributed by atoms with Crippen molar-refractivity contribution in [2.24, 2.45) is 27.1 Å². The minimum absolute atomic E-state index is 0.110. The highest BCUT2D eigenvalue weighted by Gasteiger charge is 2.40. The highest BCUT2D eigenvalue weighted by atomic mass is 16.5. The van der Waals surface area contributed by atoms with E-state index in [0.29, 0.717) is 24.1 Å². The number of anilines is 1. The molecule has 0 saturated heterocycles. The third-order valence-electron chi connectivity index (χ3n) is 5.01. The van der Waals surface area contributed by atoms with Gasteiger partial charge in [-0.2, -0.15) is 10.2 Å². The van der Waals surface area contributed by atoms with E-state index in [1.807, 2.05) is 19.3 Å². The van der Waals surface area contributed by atoms with Crippen LogP contribution in [0.4, 0.5) is 5.69 Å². The molecular weight excluding hydrogens is 374 g/mol. The first kappa shape index (κ1) is 18.9. The maximum Gasteiger partial charge on any atom is 0.290 e. The highest BCUT2D eigenvalue weighted by Crippen LogP contribution is 2.46. The number of carbonyl (C=O) groups excluding carboxylic acids is 1. The van der Waals surface area contributed by atoms with Crippen LogP contribution in [0.2, 0.25) is 0 Å². The Morgan fingerprint density at radius 3 is 2.66 bits per heavy atom. The molecule has 3 aromatic rings. The van der Waals surface area contributed by atoms with E-state index in [1.165, 1.54) is 17.8 Å². The van der Waals surface area contributed by atoms with Gasteiger partial charge in [0.05, 0.1) is 18.0 Å². The van der Waals surface area contributed by atoms with Gasteiger partial charge < -0.3 is 10.1 Å². The van der Waals surface area contributed by atoms with E-state index in [1.54, 1.807) is 24.7 Å². The Bertz CT molecular complexity index is 1130. The lowest BCUT2D eigenvalue weighted by Gasteiger charge is -2.10. The van der Waals surface area contributed by atoms with Gasteiger partial charge in [0.1, 0.15) is 11.4 Å². The van der Waals surface area contributed by atoms with Crippen LogP contribution in [0, 0.1) is 12.8 Å². The van der Waals surface area contributed by atoms with Crippen LogP contribution in [-0.2, 0) is 21.1 Å². The summed E-state index contributed by atoms with van der Waals surface area (Å²) >= 11 is 0. The lowest BCUT2D eigenvalue weighted by molar-refractivity contribution is 0.101. The number of amides is 1. The Hall–Kier alpha value is -3.43. The van der Waals surface area contributed by atoms with E-state index in [0.717, 1.165) is 22.5 Å². The van der Waals surface area contributed by atoms with E-state index in [9.17, 15) is 9.59 Å². The van der Waals surface area contributed by atoms with E-state index in [2.05, 4.69) is 20.6 Å². The smallest absolute Gasteiger partial charge is 0.290 e. The van der Waals surface area contributed by atoms with Crippen molar-refractivity contribution in [2.75, 3.05) is 11.9 Å². The zero-order valence-corrected chi connectivity index (χ0v) is 16.8. The average molecular weight is 397 g/mol. The average Bonchev–Trinajstić information content (AvgIpc) is 3.18. The maximum absolute atomic E-state index is 12.5. The van der Waals surface area contributed by atoms with Crippen molar-refractivity contribution in [1.29, 1.82) is 0 Å². The van der Waals surface area contributed by atoms with Crippen molar-refractivity contribution in [3.05, 3.63) is 51.8 Å². The van der Waals surface area contributed by atoms with Gasteiger partial charge in [0, 0.05) is 45.2 Å². The van der Waals surface area contributed by atoms with Gasteiger partial charge in [0.15, 0.2) is 0 Å². The molecule has 1 aliphatic carbocycles. The second-order valence-electron chi connectivity index (χ2n) is 7.40. The number of hydrogen-bond donors (Lipinski definition) is 1. The molecule has 2 atom stereocenters. The van der Waals surface area contributed by atoms with Crippen molar-refractivity contribution in [2.45, 2.75) is 19.3 Å². The van der Waals surface area contributed by atoms with Crippen LogP contribution < -0.4 is 15.6 Å². The summed E-state index contributed by atoms with van der Waals surface area (Å²) in [6.07, 6.45) is 2.94. The zero-order valence-electron chi connectivity index (χ0n) is 16.8. The molecule has 10 nitrogen and oxygen atoms in total. The van der Waals surface area contributed by atoms with Crippen molar-refractivity contribution in [3.8, 4) is 5.88 Å². The van der Waals surface area contributed by atoms with Crippen molar-refractivity contribution < 1.29 is 9.53 Å².